The van der Waals surface area contributed by atoms with E-state index in [4.69, 9.17) is 4.74 Å². The third kappa shape index (κ3) is 4.12. The Morgan fingerprint density at radius 2 is 1.69 bits per heavy atom. The Labute approximate surface area is 99.8 Å². The lowest BCUT2D eigenvalue weighted by Crippen LogP contribution is -2.16. The van der Waals surface area contributed by atoms with Crippen molar-refractivity contribution in [3.63, 3.8) is 0 Å². The van der Waals surface area contributed by atoms with Gasteiger partial charge in [-0.15, -0.1) is 11.5 Å². The van der Waals surface area contributed by atoms with Crippen LogP contribution in [0.4, 0.5) is 0 Å². The van der Waals surface area contributed by atoms with Crippen molar-refractivity contribution in [1.82, 2.24) is 0 Å². The van der Waals surface area contributed by atoms with Crippen molar-refractivity contribution in [2.75, 3.05) is 7.11 Å². The van der Waals surface area contributed by atoms with E-state index < -0.39 is 8.07 Å². The van der Waals surface area contributed by atoms with E-state index in [9.17, 15) is 0 Å². The van der Waals surface area contributed by atoms with Gasteiger partial charge in [-0.25, -0.2) is 0 Å². The maximum absolute atomic E-state index is 5.13. The molecule has 0 aromatic heterocycles. The van der Waals surface area contributed by atoms with Gasteiger partial charge >= 0.3 is 0 Å². The minimum absolute atomic E-state index is 0.303. The molecule has 0 aliphatic heterocycles. The lowest BCUT2D eigenvalue weighted by atomic mass is 10.0. The summed E-state index contributed by atoms with van der Waals surface area (Å²) in [5, 5.41) is 0. The molecule has 1 aromatic carbocycles. The zero-order valence-corrected chi connectivity index (χ0v) is 11.8. The second-order valence-corrected chi connectivity index (χ2v) is 9.76. The van der Waals surface area contributed by atoms with Gasteiger partial charge < -0.3 is 4.74 Å². The van der Waals surface area contributed by atoms with Gasteiger partial charge in [-0.3, -0.25) is 0 Å². The van der Waals surface area contributed by atoms with Crippen molar-refractivity contribution in [1.29, 1.82) is 0 Å². The molecule has 0 saturated heterocycles. The second-order valence-electron chi connectivity index (χ2n) is 5.01. The topological polar surface area (TPSA) is 9.23 Å². The molecule has 0 saturated carbocycles. The summed E-state index contributed by atoms with van der Waals surface area (Å²) in [7, 11) is 0.428. The van der Waals surface area contributed by atoms with Crippen molar-refractivity contribution in [3.05, 3.63) is 29.8 Å². The lowest BCUT2D eigenvalue weighted by Gasteiger charge is -2.08. The molecular formula is C14H20OSi. The Balaban J connectivity index is 2.79. The molecule has 1 unspecified atom stereocenters. The van der Waals surface area contributed by atoms with Gasteiger partial charge in [-0.1, -0.05) is 31.8 Å². The number of ether oxygens (including phenoxy) is 1. The van der Waals surface area contributed by atoms with Gasteiger partial charge in [-0.05, 0) is 24.6 Å². The normalized spacial score (nSPS) is 12.6. The first kappa shape index (κ1) is 12.9. The zero-order valence-electron chi connectivity index (χ0n) is 10.8. The molecule has 86 valence electrons. The SMILES string of the molecule is COc1ccc(C(C)C#C[Si](C)(C)C)cc1. The molecule has 0 bridgehead atoms. The van der Waals surface area contributed by atoms with Crippen LogP contribution in [0.25, 0.3) is 0 Å². The molecule has 16 heavy (non-hydrogen) atoms. The van der Waals surface area contributed by atoms with Crippen LogP contribution in [0.15, 0.2) is 24.3 Å². The number of benzene rings is 1. The fourth-order valence-corrected chi connectivity index (χ4v) is 1.95. The van der Waals surface area contributed by atoms with Gasteiger partial charge in [0, 0.05) is 5.92 Å². The van der Waals surface area contributed by atoms with E-state index in [1.165, 1.54) is 5.56 Å². The summed E-state index contributed by atoms with van der Waals surface area (Å²) in [5.74, 6) is 4.55. The van der Waals surface area contributed by atoms with Crippen molar-refractivity contribution in [2.24, 2.45) is 0 Å². The number of hydrogen-bond donors (Lipinski definition) is 0. The molecule has 1 nitrogen and oxygen atoms in total. The van der Waals surface area contributed by atoms with Gasteiger partial charge in [0.25, 0.3) is 0 Å². The van der Waals surface area contributed by atoms with Crippen LogP contribution in [-0.2, 0) is 0 Å². The summed E-state index contributed by atoms with van der Waals surface area (Å²) in [6.07, 6.45) is 0. The van der Waals surface area contributed by atoms with E-state index in [0.29, 0.717) is 5.92 Å². The Hall–Kier alpha value is -1.20. The van der Waals surface area contributed by atoms with Gasteiger partial charge in [-0.2, -0.15) is 0 Å². The summed E-state index contributed by atoms with van der Waals surface area (Å²) >= 11 is 0. The largest absolute Gasteiger partial charge is 0.497 e. The minimum Gasteiger partial charge on any atom is -0.497 e. The van der Waals surface area contributed by atoms with E-state index in [0.717, 1.165) is 5.75 Å². The van der Waals surface area contributed by atoms with Crippen molar-refractivity contribution in [3.8, 4) is 17.2 Å². The van der Waals surface area contributed by atoms with Crippen LogP contribution >= 0.6 is 0 Å². The van der Waals surface area contributed by atoms with Crippen LogP contribution in [-0.4, -0.2) is 15.2 Å². The monoisotopic (exact) mass is 232 g/mol. The molecule has 2 heteroatoms. The van der Waals surface area contributed by atoms with E-state index >= 15 is 0 Å². The maximum atomic E-state index is 5.13. The van der Waals surface area contributed by atoms with Gasteiger partial charge in [0.2, 0.25) is 0 Å². The highest BCUT2D eigenvalue weighted by atomic mass is 28.3. The van der Waals surface area contributed by atoms with Crippen LogP contribution in [0.2, 0.25) is 19.6 Å². The number of hydrogen-bond acceptors (Lipinski definition) is 1. The average Bonchev–Trinajstić information content (AvgIpc) is 2.25. The summed E-state index contributed by atoms with van der Waals surface area (Å²) in [5.41, 5.74) is 4.66. The molecule has 1 aromatic rings. The van der Waals surface area contributed by atoms with Crippen LogP contribution in [0.3, 0.4) is 0 Å². The Bertz CT molecular complexity index is 389. The summed E-state index contributed by atoms with van der Waals surface area (Å²) in [6, 6.07) is 8.15. The fraction of sp³-hybridized carbons (Fsp3) is 0.429. The van der Waals surface area contributed by atoms with E-state index in [1.807, 2.05) is 12.1 Å². The highest BCUT2D eigenvalue weighted by Gasteiger charge is 2.09. The third-order valence-corrected chi connectivity index (χ3v) is 3.17. The molecular weight excluding hydrogens is 212 g/mol. The molecule has 0 N–H and O–H groups in total. The minimum atomic E-state index is -1.26. The highest BCUT2D eigenvalue weighted by molar-refractivity contribution is 6.83. The molecule has 0 heterocycles. The van der Waals surface area contributed by atoms with Gasteiger partial charge in [0.15, 0.2) is 0 Å². The number of methoxy groups -OCH3 is 1. The van der Waals surface area contributed by atoms with Crippen molar-refractivity contribution < 1.29 is 4.74 Å². The Morgan fingerprint density at radius 1 is 1.12 bits per heavy atom. The summed E-state index contributed by atoms with van der Waals surface area (Å²) in [4.78, 5) is 0. The van der Waals surface area contributed by atoms with Gasteiger partial charge in [0.1, 0.15) is 13.8 Å². The molecule has 1 rings (SSSR count). The smallest absolute Gasteiger partial charge is 0.129 e. The Morgan fingerprint density at radius 3 is 2.12 bits per heavy atom. The fourth-order valence-electron chi connectivity index (χ4n) is 1.30. The van der Waals surface area contributed by atoms with Crippen LogP contribution in [0.5, 0.6) is 5.75 Å². The summed E-state index contributed by atoms with van der Waals surface area (Å²) < 4.78 is 5.13. The van der Waals surface area contributed by atoms with E-state index in [2.05, 4.69) is 50.2 Å². The first-order chi connectivity index (χ1) is 7.42. The van der Waals surface area contributed by atoms with Crippen LogP contribution in [0, 0.1) is 11.5 Å². The first-order valence-corrected chi connectivity index (χ1v) is 9.09. The molecule has 0 aliphatic rings. The van der Waals surface area contributed by atoms with Crippen molar-refractivity contribution >= 4 is 8.07 Å². The predicted octanol–water partition coefficient (Wildman–Crippen LogP) is 3.68. The van der Waals surface area contributed by atoms with Crippen molar-refractivity contribution in [2.45, 2.75) is 32.5 Å². The van der Waals surface area contributed by atoms with E-state index in [1.54, 1.807) is 7.11 Å². The molecule has 1 atom stereocenters. The van der Waals surface area contributed by atoms with E-state index in [-0.39, 0.29) is 0 Å². The predicted molar refractivity (Wildman–Crippen MR) is 72.5 cm³/mol. The Kier molecular flexibility index (Phi) is 4.20. The molecule has 0 amide bonds. The zero-order chi connectivity index (χ0) is 12.2. The van der Waals surface area contributed by atoms with Crippen LogP contribution in [0.1, 0.15) is 18.4 Å². The quantitative estimate of drug-likeness (QED) is 0.558. The van der Waals surface area contributed by atoms with Gasteiger partial charge in [0.05, 0.1) is 7.11 Å². The molecule has 0 radical (unpaired) electrons. The molecule has 0 spiro atoms. The second kappa shape index (κ2) is 5.22. The number of rotatable bonds is 2. The highest BCUT2D eigenvalue weighted by Crippen LogP contribution is 2.18. The first-order valence-electron chi connectivity index (χ1n) is 5.59. The molecule has 0 fully saturated rings. The molecule has 0 aliphatic carbocycles. The van der Waals surface area contributed by atoms with Crippen LogP contribution < -0.4 is 4.74 Å². The maximum Gasteiger partial charge on any atom is 0.129 e. The summed E-state index contributed by atoms with van der Waals surface area (Å²) in [6.45, 7) is 8.94. The standard InChI is InChI=1S/C14H20OSi/c1-12(10-11-16(3,4)5)13-6-8-14(15-2)9-7-13/h6-9,12H,1-5H3. The average molecular weight is 232 g/mol. The lowest BCUT2D eigenvalue weighted by molar-refractivity contribution is 0.414. The third-order valence-electron chi connectivity index (χ3n) is 2.28.